The van der Waals surface area contributed by atoms with Crippen LogP contribution in [0.15, 0.2) is 15.5 Å². The summed E-state index contributed by atoms with van der Waals surface area (Å²) in [6, 6.07) is 0.191. The molecule has 0 spiro atoms. The number of carbonyl (C=O) groups is 1. The van der Waals surface area contributed by atoms with Crippen molar-refractivity contribution < 1.29 is 9.21 Å². The van der Waals surface area contributed by atoms with Crippen LogP contribution in [-0.4, -0.2) is 21.5 Å². The Morgan fingerprint density at radius 3 is 2.81 bits per heavy atom. The van der Waals surface area contributed by atoms with Crippen LogP contribution in [0.1, 0.15) is 48.2 Å². The normalized spacial score (nSPS) is 16.3. The van der Waals surface area contributed by atoms with E-state index in [9.17, 15) is 9.59 Å². The third kappa shape index (κ3) is 2.46. The number of carbonyl (C=O) groups excluding carboxylic acids is 1. The molecule has 1 aliphatic rings. The van der Waals surface area contributed by atoms with Crippen molar-refractivity contribution >= 4 is 17.0 Å². The van der Waals surface area contributed by atoms with Crippen LogP contribution in [-0.2, 0) is 7.05 Å². The summed E-state index contributed by atoms with van der Waals surface area (Å²) in [6.45, 7) is 1.69. The highest BCUT2D eigenvalue weighted by atomic mass is 16.3. The molecule has 0 aromatic carbocycles. The van der Waals surface area contributed by atoms with Crippen molar-refractivity contribution in [2.45, 2.75) is 45.1 Å². The van der Waals surface area contributed by atoms with Crippen molar-refractivity contribution in [3.63, 3.8) is 0 Å². The molecular weight excluding hydrogens is 270 g/mol. The number of rotatable bonds is 2. The minimum Gasteiger partial charge on any atom is -0.442 e. The summed E-state index contributed by atoms with van der Waals surface area (Å²) in [7, 11) is 1.61. The Morgan fingerprint density at radius 2 is 2.10 bits per heavy atom. The number of nitrogens with zero attached hydrogens (tertiary/aromatic N) is 2. The first kappa shape index (κ1) is 13.9. The summed E-state index contributed by atoms with van der Waals surface area (Å²) in [4.78, 5) is 28.8. The van der Waals surface area contributed by atoms with Crippen LogP contribution in [0.5, 0.6) is 0 Å². The van der Waals surface area contributed by atoms with E-state index in [4.69, 9.17) is 4.42 Å². The lowest BCUT2D eigenvalue weighted by Crippen LogP contribution is -2.36. The second kappa shape index (κ2) is 5.35. The van der Waals surface area contributed by atoms with Gasteiger partial charge >= 0.3 is 0 Å². The zero-order valence-corrected chi connectivity index (χ0v) is 12.3. The molecule has 3 rings (SSSR count). The Kier molecular flexibility index (Phi) is 3.53. The van der Waals surface area contributed by atoms with Crippen molar-refractivity contribution in [1.29, 1.82) is 0 Å². The van der Waals surface area contributed by atoms with Gasteiger partial charge in [-0.1, -0.05) is 19.3 Å². The summed E-state index contributed by atoms with van der Waals surface area (Å²) in [5, 5.41) is 3.30. The van der Waals surface area contributed by atoms with Gasteiger partial charge in [-0.2, -0.15) is 0 Å². The molecule has 112 valence electrons. The van der Waals surface area contributed by atoms with E-state index >= 15 is 0 Å². The Labute approximate surface area is 122 Å². The van der Waals surface area contributed by atoms with Crippen molar-refractivity contribution in [2.75, 3.05) is 0 Å². The van der Waals surface area contributed by atoms with Crippen LogP contribution in [0, 0.1) is 6.92 Å². The Morgan fingerprint density at radius 1 is 1.38 bits per heavy atom. The first-order valence-electron chi connectivity index (χ1n) is 7.33. The molecule has 0 bridgehead atoms. The smallest absolute Gasteiger partial charge is 0.265 e. The molecule has 2 heterocycles. The van der Waals surface area contributed by atoms with Gasteiger partial charge < -0.3 is 14.3 Å². The average Bonchev–Trinajstić information content (AvgIpc) is 2.81. The van der Waals surface area contributed by atoms with E-state index in [2.05, 4.69) is 10.3 Å². The molecule has 2 aromatic heterocycles. The number of nitrogens with one attached hydrogen (secondary N) is 1. The van der Waals surface area contributed by atoms with Gasteiger partial charge in [-0.3, -0.25) is 9.59 Å². The minimum atomic E-state index is -0.259. The molecule has 1 fully saturated rings. The van der Waals surface area contributed by atoms with Gasteiger partial charge in [-0.05, 0) is 19.8 Å². The average molecular weight is 289 g/mol. The summed E-state index contributed by atoms with van der Waals surface area (Å²) in [5.74, 6) is 0.206. The number of hydrogen-bond donors (Lipinski definition) is 1. The molecule has 2 aromatic rings. The van der Waals surface area contributed by atoms with Gasteiger partial charge in [-0.15, -0.1) is 0 Å². The molecule has 0 unspecified atom stereocenters. The molecule has 0 atom stereocenters. The zero-order chi connectivity index (χ0) is 15.0. The van der Waals surface area contributed by atoms with Crippen LogP contribution in [0.3, 0.4) is 0 Å². The molecule has 21 heavy (non-hydrogen) atoms. The molecule has 1 saturated carbocycles. The van der Waals surface area contributed by atoms with Gasteiger partial charge in [-0.25, -0.2) is 4.98 Å². The maximum Gasteiger partial charge on any atom is 0.265 e. The predicted octanol–water partition coefficient (Wildman–Crippen LogP) is 1.90. The van der Waals surface area contributed by atoms with Crippen molar-refractivity contribution in [3.8, 4) is 0 Å². The molecule has 1 aliphatic carbocycles. The summed E-state index contributed by atoms with van der Waals surface area (Å²) in [5.41, 5.74) is 0.291. The van der Waals surface area contributed by atoms with Crippen LogP contribution >= 0.6 is 0 Å². The molecule has 6 heteroatoms. The van der Waals surface area contributed by atoms with E-state index in [1.807, 2.05) is 0 Å². The molecule has 1 amide bonds. The standard InChI is InChI=1S/C15H19N3O3/c1-9-11(13(19)17-10-6-4-3-5-7-10)12-14(21-9)16-8-18(2)15(12)20/h8,10H,3-7H2,1-2H3,(H,17,19). The third-order valence-corrected chi connectivity index (χ3v) is 4.12. The molecular formula is C15H19N3O3. The predicted molar refractivity (Wildman–Crippen MR) is 78.3 cm³/mol. The first-order valence-corrected chi connectivity index (χ1v) is 7.33. The topological polar surface area (TPSA) is 77.1 Å². The van der Waals surface area contributed by atoms with Crippen LogP contribution in [0.4, 0.5) is 0 Å². The van der Waals surface area contributed by atoms with Gasteiger partial charge in [0.1, 0.15) is 17.5 Å². The van der Waals surface area contributed by atoms with Crippen LogP contribution < -0.4 is 10.9 Å². The van der Waals surface area contributed by atoms with E-state index in [0.29, 0.717) is 11.3 Å². The number of amides is 1. The lowest BCUT2D eigenvalue weighted by molar-refractivity contribution is 0.0927. The highest BCUT2D eigenvalue weighted by Gasteiger charge is 2.24. The summed E-state index contributed by atoms with van der Waals surface area (Å²) >= 11 is 0. The van der Waals surface area contributed by atoms with Crippen LogP contribution in [0.2, 0.25) is 0 Å². The number of fused-ring (bicyclic) bond motifs is 1. The van der Waals surface area contributed by atoms with Gasteiger partial charge in [0, 0.05) is 13.1 Å². The number of aryl methyl sites for hydroxylation is 2. The van der Waals surface area contributed by atoms with Gasteiger partial charge in [0.05, 0.1) is 5.56 Å². The van der Waals surface area contributed by atoms with Gasteiger partial charge in [0.2, 0.25) is 5.71 Å². The molecule has 6 nitrogen and oxygen atoms in total. The Balaban J connectivity index is 1.99. The highest BCUT2D eigenvalue weighted by Crippen LogP contribution is 2.22. The maximum atomic E-state index is 12.5. The third-order valence-electron chi connectivity index (χ3n) is 4.12. The van der Waals surface area contributed by atoms with Gasteiger partial charge in [0.25, 0.3) is 11.5 Å². The van der Waals surface area contributed by atoms with Gasteiger partial charge in [0.15, 0.2) is 0 Å². The maximum absolute atomic E-state index is 12.5. The fourth-order valence-electron chi connectivity index (χ4n) is 2.97. The van der Waals surface area contributed by atoms with Crippen LogP contribution in [0.25, 0.3) is 11.1 Å². The lowest BCUT2D eigenvalue weighted by Gasteiger charge is -2.22. The highest BCUT2D eigenvalue weighted by molar-refractivity contribution is 6.06. The second-order valence-corrected chi connectivity index (χ2v) is 5.68. The monoisotopic (exact) mass is 289 g/mol. The van der Waals surface area contributed by atoms with E-state index < -0.39 is 0 Å². The quantitative estimate of drug-likeness (QED) is 0.916. The minimum absolute atomic E-state index is 0.191. The van der Waals surface area contributed by atoms with Crippen molar-refractivity contribution in [3.05, 3.63) is 28.0 Å². The van der Waals surface area contributed by atoms with Crippen molar-refractivity contribution in [2.24, 2.45) is 7.05 Å². The number of furan rings is 1. The van der Waals surface area contributed by atoms with Crippen molar-refractivity contribution in [1.82, 2.24) is 14.9 Å². The molecule has 0 radical (unpaired) electrons. The van der Waals surface area contributed by atoms with E-state index in [0.717, 1.165) is 25.7 Å². The summed E-state index contributed by atoms with van der Waals surface area (Å²) < 4.78 is 6.82. The Hall–Kier alpha value is -2.11. The van der Waals surface area contributed by atoms with E-state index in [1.54, 1.807) is 14.0 Å². The fraction of sp³-hybridized carbons (Fsp3) is 0.533. The second-order valence-electron chi connectivity index (χ2n) is 5.68. The first-order chi connectivity index (χ1) is 10.1. The molecule has 0 saturated heterocycles. The number of hydrogen-bond acceptors (Lipinski definition) is 4. The SMILES string of the molecule is Cc1oc2ncn(C)c(=O)c2c1C(=O)NC1CCCCC1. The lowest BCUT2D eigenvalue weighted by atomic mass is 9.95. The van der Waals surface area contributed by atoms with E-state index in [-0.39, 0.29) is 28.6 Å². The number of aromatic nitrogens is 2. The molecule has 1 N–H and O–H groups in total. The fourth-order valence-corrected chi connectivity index (χ4v) is 2.97. The van der Waals surface area contributed by atoms with E-state index in [1.165, 1.54) is 17.3 Å². The largest absolute Gasteiger partial charge is 0.442 e. The zero-order valence-electron chi connectivity index (χ0n) is 12.3. The Bertz CT molecular complexity index is 738. The molecule has 0 aliphatic heterocycles. The summed E-state index contributed by atoms with van der Waals surface area (Å²) in [6.07, 6.45) is 6.90.